The van der Waals surface area contributed by atoms with Crippen molar-refractivity contribution in [2.24, 2.45) is 56.2 Å². The van der Waals surface area contributed by atoms with Crippen LogP contribution in [0.3, 0.4) is 0 Å². The Kier molecular flexibility index (Phi) is 12.6. The minimum absolute atomic E-state index is 0.000486. The van der Waals surface area contributed by atoms with Crippen molar-refractivity contribution in [3.05, 3.63) is 46.0 Å². The standard InChI is InChI=1S/C49H73ClN2O7/c1-30(2)41-35(54)26-49(38(55)29-52(25-24-51(11)31(3)53)28-32-12-14-33(50)15-13-32)23-22-47(9)34(42(41)49)16-17-37-46(8)20-19-39(59-40(56)27-44(4,5)43(57)58)45(6,7)36(46)18-21-48(37,47)10/h12-15,30,34,36-39,55H,16-29H2,1-11H3,(H,57,58)/t34-,36+,37-,38?,39+,46+,47-,48-,49?/m1/s1. The number of carboxylic acid groups (broad SMARTS) is 1. The van der Waals surface area contributed by atoms with Gasteiger partial charge in [-0.3, -0.25) is 24.1 Å². The number of ether oxygens (including phenoxy) is 1. The van der Waals surface area contributed by atoms with Crippen LogP contribution in [0.15, 0.2) is 35.4 Å². The molecular weight excluding hydrogens is 764 g/mol. The molecule has 328 valence electrons. The number of halogens is 1. The molecule has 9 nitrogen and oxygen atoms in total. The van der Waals surface area contributed by atoms with E-state index in [0.717, 1.165) is 62.5 Å². The van der Waals surface area contributed by atoms with E-state index in [-0.39, 0.29) is 57.7 Å². The fourth-order valence-electron chi connectivity index (χ4n) is 13.9. The van der Waals surface area contributed by atoms with Gasteiger partial charge in [0, 0.05) is 62.4 Å². The van der Waals surface area contributed by atoms with E-state index in [0.29, 0.717) is 49.5 Å². The third-order valence-corrected chi connectivity index (χ3v) is 17.8. The summed E-state index contributed by atoms with van der Waals surface area (Å²) in [6.45, 7) is 23.2. The van der Waals surface area contributed by atoms with E-state index < -0.39 is 28.9 Å². The molecular formula is C49H73ClN2O7. The molecule has 1 aromatic carbocycles. The van der Waals surface area contributed by atoms with E-state index in [2.05, 4.69) is 53.4 Å². The topological polar surface area (TPSA) is 124 Å². The third kappa shape index (κ3) is 7.85. The number of aliphatic hydroxyl groups excluding tert-OH is 1. The van der Waals surface area contributed by atoms with Gasteiger partial charge in [-0.05, 0) is 128 Å². The Balaban J connectivity index is 1.29. The first kappa shape index (κ1) is 45.8. The maximum absolute atomic E-state index is 14.4. The van der Waals surface area contributed by atoms with Gasteiger partial charge < -0.3 is 19.8 Å². The number of carboxylic acids is 1. The number of likely N-dealkylation sites (N-methyl/N-ethyl adjacent to an activating group) is 1. The van der Waals surface area contributed by atoms with E-state index in [1.807, 2.05) is 31.3 Å². The van der Waals surface area contributed by atoms with Crippen molar-refractivity contribution < 1.29 is 34.1 Å². The summed E-state index contributed by atoms with van der Waals surface area (Å²) in [7, 11) is 1.81. The van der Waals surface area contributed by atoms with E-state index in [1.165, 1.54) is 5.57 Å². The van der Waals surface area contributed by atoms with Crippen molar-refractivity contribution in [2.45, 2.75) is 152 Å². The van der Waals surface area contributed by atoms with Gasteiger partial charge in [-0.2, -0.15) is 0 Å². The lowest BCUT2D eigenvalue weighted by Crippen LogP contribution is -2.66. The normalized spacial score (nSPS) is 34.5. The van der Waals surface area contributed by atoms with Crippen molar-refractivity contribution in [1.82, 2.24) is 9.80 Å². The molecule has 59 heavy (non-hydrogen) atoms. The highest BCUT2D eigenvalue weighted by atomic mass is 35.5. The zero-order chi connectivity index (χ0) is 43.7. The first-order valence-corrected chi connectivity index (χ1v) is 22.8. The number of ketones is 1. The molecule has 5 aliphatic rings. The molecule has 1 amide bonds. The minimum Gasteiger partial charge on any atom is -0.481 e. The molecule has 5 aliphatic carbocycles. The molecule has 0 spiro atoms. The minimum atomic E-state index is -1.18. The molecule has 2 unspecified atom stereocenters. The van der Waals surface area contributed by atoms with Crippen LogP contribution in [0.25, 0.3) is 0 Å². The average Bonchev–Trinajstić information content (AvgIpc) is 3.45. The number of esters is 1. The second-order valence-corrected chi connectivity index (χ2v) is 22.3. The van der Waals surface area contributed by atoms with Crippen LogP contribution in [-0.2, 0) is 30.5 Å². The average molecular weight is 838 g/mol. The molecule has 4 saturated carbocycles. The Morgan fingerprint density at radius 2 is 1.58 bits per heavy atom. The molecule has 0 aliphatic heterocycles. The van der Waals surface area contributed by atoms with Crippen molar-refractivity contribution in [3.63, 3.8) is 0 Å². The largest absolute Gasteiger partial charge is 0.481 e. The molecule has 4 fully saturated rings. The molecule has 0 saturated heterocycles. The van der Waals surface area contributed by atoms with Gasteiger partial charge >= 0.3 is 11.9 Å². The number of aliphatic carboxylic acids is 1. The number of carbonyl (C=O) groups excluding carboxylic acids is 3. The quantitative estimate of drug-likeness (QED) is 0.189. The second kappa shape index (κ2) is 16.2. The number of nitrogens with zero attached hydrogens (tertiary/aromatic N) is 2. The van der Waals surface area contributed by atoms with E-state index >= 15 is 0 Å². The molecule has 0 bridgehead atoms. The number of hydrogen-bond acceptors (Lipinski definition) is 7. The molecule has 0 radical (unpaired) electrons. The van der Waals surface area contributed by atoms with Crippen LogP contribution in [0, 0.1) is 56.2 Å². The van der Waals surface area contributed by atoms with Gasteiger partial charge in [0.25, 0.3) is 0 Å². The Labute approximate surface area is 359 Å². The van der Waals surface area contributed by atoms with Crippen LogP contribution < -0.4 is 0 Å². The number of hydrogen-bond donors (Lipinski definition) is 2. The Hall–Kier alpha value is -2.75. The van der Waals surface area contributed by atoms with Crippen LogP contribution in [0.4, 0.5) is 0 Å². The zero-order valence-corrected chi connectivity index (χ0v) is 38.6. The van der Waals surface area contributed by atoms with Gasteiger partial charge in [-0.1, -0.05) is 77.8 Å². The van der Waals surface area contributed by atoms with E-state index in [4.69, 9.17) is 16.3 Å². The van der Waals surface area contributed by atoms with Gasteiger partial charge in [-0.25, -0.2) is 0 Å². The number of amides is 1. The summed E-state index contributed by atoms with van der Waals surface area (Å²) in [4.78, 5) is 55.5. The monoisotopic (exact) mass is 837 g/mol. The van der Waals surface area contributed by atoms with Gasteiger partial charge in [0.2, 0.25) is 5.91 Å². The number of fused-ring (bicyclic) bond motifs is 7. The predicted octanol–water partition coefficient (Wildman–Crippen LogP) is 9.37. The SMILES string of the molecule is CC(=O)N(C)CCN(Cc1ccc(Cl)cc1)CC(O)C12CC[C@]3(C)[C@H](CC[C@@H]4[C@@]5(C)CC[C@H](OC(=O)CC(C)(C)C(=O)O)C(C)(C)[C@@H]5CC[C@]43C)C1=C(C(C)C)C(=O)C2. The molecule has 0 heterocycles. The second-order valence-electron chi connectivity index (χ2n) is 21.9. The Morgan fingerprint density at radius 1 is 0.915 bits per heavy atom. The molecule has 10 heteroatoms. The maximum Gasteiger partial charge on any atom is 0.309 e. The van der Waals surface area contributed by atoms with Crippen molar-refractivity contribution in [1.29, 1.82) is 0 Å². The number of carbonyl (C=O) groups is 4. The number of rotatable bonds is 13. The zero-order valence-electron chi connectivity index (χ0n) is 37.9. The van der Waals surface area contributed by atoms with Crippen LogP contribution in [0.5, 0.6) is 0 Å². The summed E-state index contributed by atoms with van der Waals surface area (Å²) in [6, 6.07) is 7.80. The summed E-state index contributed by atoms with van der Waals surface area (Å²) in [5.74, 6) is -0.208. The predicted molar refractivity (Wildman–Crippen MR) is 231 cm³/mol. The summed E-state index contributed by atoms with van der Waals surface area (Å²) < 4.78 is 6.19. The Bertz CT molecular complexity index is 1840. The summed E-state index contributed by atoms with van der Waals surface area (Å²) in [5, 5.41) is 23.1. The summed E-state index contributed by atoms with van der Waals surface area (Å²) in [5.41, 5.74) is 1.15. The van der Waals surface area contributed by atoms with Crippen LogP contribution >= 0.6 is 11.6 Å². The lowest BCUT2D eigenvalue weighted by atomic mass is 9.33. The van der Waals surface area contributed by atoms with Crippen molar-refractivity contribution in [2.75, 3.05) is 26.7 Å². The maximum atomic E-state index is 14.4. The lowest BCUT2D eigenvalue weighted by molar-refractivity contribution is -0.235. The smallest absolute Gasteiger partial charge is 0.309 e. The molecule has 6 rings (SSSR count). The highest BCUT2D eigenvalue weighted by molar-refractivity contribution is 6.30. The molecule has 2 N–H and O–H groups in total. The van der Waals surface area contributed by atoms with Gasteiger partial charge in [0.1, 0.15) is 6.10 Å². The van der Waals surface area contributed by atoms with Gasteiger partial charge in [0.15, 0.2) is 5.78 Å². The van der Waals surface area contributed by atoms with Crippen molar-refractivity contribution >= 4 is 35.2 Å². The third-order valence-electron chi connectivity index (χ3n) is 17.5. The highest BCUT2D eigenvalue weighted by Crippen LogP contribution is 2.77. The molecule has 9 atom stereocenters. The summed E-state index contributed by atoms with van der Waals surface area (Å²) in [6.07, 6.45) is 6.69. The van der Waals surface area contributed by atoms with Gasteiger partial charge in [-0.15, -0.1) is 0 Å². The number of Topliss-reactive ketones (excluding diaryl/α,β-unsaturated/α-hetero) is 1. The van der Waals surface area contributed by atoms with Crippen molar-refractivity contribution in [3.8, 4) is 0 Å². The molecule has 1 aromatic rings. The first-order valence-electron chi connectivity index (χ1n) is 22.4. The van der Waals surface area contributed by atoms with E-state index in [1.54, 1.807) is 25.7 Å². The summed E-state index contributed by atoms with van der Waals surface area (Å²) >= 11 is 6.24. The van der Waals surface area contributed by atoms with Gasteiger partial charge in [0.05, 0.1) is 17.9 Å². The van der Waals surface area contributed by atoms with Crippen LogP contribution in [0.2, 0.25) is 5.02 Å². The number of aliphatic hydroxyl groups is 1. The highest BCUT2D eigenvalue weighted by Gasteiger charge is 2.71. The van der Waals surface area contributed by atoms with E-state index in [9.17, 15) is 29.4 Å². The first-order chi connectivity index (χ1) is 27.3. The number of benzene rings is 1. The fraction of sp³-hybridized carbons (Fsp3) is 0.755. The van der Waals surface area contributed by atoms with Crippen LogP contribution in [-0.4, -0.2) is 82.5 Å². The Morgan fingerprint density at radius 3 is 2.19 bits per heavy atom. The fourth-order valence-corrected chi connectivity index (χ4v) is 14.0. The molecule has 0 aromatic heterocycles. The lowest BCUT2D eigenvalue weighted by Gasteiger charge is -2.72. The number of allylic oxidation sites excluding steroid dienone is 1. The van der Waals surface area contributed by atoms with Crippen LogP contribution in [0.1, 0.15) is 139 Å².